The molecular formula is C17H13N3O7. The van der Waals surface area contributed by atoms with Gasteiger partial charge in [0.05, 0.1) is 42.2 Å². The summed E-state index contributed by atoms with van der Waals surface area (Å²) in [6, 6.07) is 4.99. The van der Waals surface area contributed by atoms with Crippen LogP contribution in [-0.4, -0.2) is 42.5 Å². The summed E-state index contributed by atoms with van der Waals surface area (Å²) < 4.78 is 10.2. The number of nitrogen functional groups attached to an aromatic ring is 1. The summed E-state index contributed by atoms with van der Waals surface area (Å²) in [4.78, 5) is 60.7. The Kier molecular flexibility index (Phi) is 4.24. The van der Waals surface area contributed by atoms with Gasteiger partial charge in [-0.3, -0.25) is 24.3 Å². The summed E-state index contributed by atoms with van der Waals surface area (Å²) in [5.74, 6) is -3.63. The number of methoxy groups -OCH3 is 2. The number of fused-ring (bicyclic) bond motifs is 1. The summed E-state index contributed by atoms with van der Waals surface area (Å²) >= 11 is 0. The Balaban J connectivity index is 2.40. The molecule has 0 saturated carbocycles. The van der Waals surface area contributed by atoms with Crippen molar-refractivity contribution < 1.29 is 28.7 Å². The van der Waals surface area contributed by atoms with Gasteiger partial charge >= 0.3 is 11.9 Å². The van der Waals surface area contributed by atoms with Gasteiger partial charge in [0.2, 0.25) is 0 Å². The predicted octanol–water partition coefficient (Wildman–Crippen LogP) is -0.124. The number of nitrogens with zero attached hydrogens (tertiary/aromatic N) is 1. The minimum Gasteiger partial charge on any atom is -0.465 e. The summed E-state index contributed by atoms with van der Waals surface area (Å²) in [7, 11) is 2.23. The normalized spacial score (nSPS) is 12.4. The zero-order chi connectivity index (χ0) is 19.9. The molecule has 0 saturated heterocycles. The molecule has 1 aromatic heterocycles. The first kappa shape index (κ1) is 17.9. The third-order valence-electron chi connectivity index (χ3n) is 4.03. The van der Waals surface area contributed by atoms with Gasteiger partial charge in [-0.15, -0.1) is 0 Å². The molecule has 27 heavy (non-hydrogen) atoms. The molecule has 3 rings (SSSR count). The lowest BCUT2D eigenvalue weighted by Gasteiger charge is -2.16. The molecule has 0 unspecified atom stereocenters. The number of benzene rings is 1. The Morgan fingerprint density at radius 2 is 1.70 bits per heavy atom. The van der Waals surface area contributed by atoms with Gasteiger partial charge in [-0.2, -0.15) is 0 Å². The molecular weight excluding hydrogens is 358 g/mol. The van der Waals surface area contributed by atoms with Gasteiger partial charge in [-0.1, -0.05) is 6.07 Å². The quantitative estimate of drug-likeness (QED) is 0.560. The minimum absolute atomic E-state index is 0.0952. The number of ether oxygens (including phenoxy) is 2. The smallest absolute Gasteiger partial charge is 0.340 e. The molecule has 2 heterocycles. The monoisotopic (exact) mass is 371 g/mol. The maximum atomic E-state index is 12.6. The number of aromatic nitrogens is 1. The Bertz CT molecular complexity index is 1080. The van der Waals surface area contributed by atoms with E-state index in [1.54, 1.807) is 0 Å². The Morgan fingerprint density at radius 3 is 2.33 bits per heavy atom. The van der Waals surface area contributed by atoms with Gasteiger partial charge < -0.3 is 15.2 Å². The van der Waals surface area contributed by atoms with Crippen molar-refractivity contribution in [2.75, 3.05) is 20.0 Å². The first-order chi connectivity index (χ1) is 12.8. The standard InChI is InChI=1S/C17H13N3O7/c1-26-16(24)7-4-3-5-9(11(7)17(25)27-2)20-10(21)6-8-12(13(20)18)15(23)19-14(8)22/h3-6H,18H2,1-2H3,(H,19,22,23). The third-order valence-corrected chi connectivity index (χ3v) is 4.03. The molecule has 0 bridgehead atoms. The van der Waals surface area contributed by atoms with Crippen LogP contribution in [0.5, 0.6) is 0 Å². The van der Waals surface area contributed by atoms with Gasteiger partial charge in [0.15, 0.2) is 0 Å². The number of hydrogen-bond acceptors (Lipinski definition) is 8. The van der Waals surface area contributed by atoms with E-state index in [2.05, 4.69) is 4.74 Å². The van der Waals surface area contributed by atoms with Crippen LogP contribution in [0.3, 0.4) is 0 Å². The van der Waals surface area contributed by atoms with Gasteiger partial charge in [0.1, 0.15) is 5.82 Å². The molecule has 10 heteroatoms. The van der Waals surface area contributed by atoms with Crippen LogP contribution in [-0.2, 0) is 9.47 Å². The average Bonchev–Trinajstić information content (AvgIpc) is 2.93. The number of pyridine rings is 1. The Labute approximate surface area is 151 Å². The summed E-state index contributed by atoms with van der Waals surface area (Å²) in [5, 5.41) is 2.04. The van der Waals surface area contributed by atoms with Crippen molar-refractivity contribution in [3.8, 4) is 5.69 Å². The first-order valence-corrected chi connectivity index (χ1v) is 7.53. The SMILES string of the molecule is COC(=O)c1cccc(-n2c(N)c3c(cc2=O)C(=O)NC3=O)c1C(=O)OC. The number of imide groups is 1. The molecule has 138 valence electrons. The molecule has 0 fully saturated rings. The van der Waals surface area contributed by atoms with Crippen LogP contribution in [0, 0.1) is 0 Å². The third kappa shape index (κ3) is 2.63. The largest absolute Gasteiger partial charge is 0.465 e. The maximum absolute atomic E-state index is 12.6. The van der Waals surface area contributed by atoms with Crippen molar-refractivity contribution in [2.45, 2.75) is 0 Å². The lowest BCUT2D eigenvalue weighted by Crippen LogP contribution is -2.27. The molecule has 0 radical (unpaired) electrons. The number of nitrogens with two attached hydrogens (primary N) is 1. The van der Waals surface area contributed by atoms with Crippen molar-refractivity contribution in [3.63, 3.8) is 0 Å². The molecule has 1 aliphatic rings. The minimum atomic E-state index is -0.918. The number of hydrogen-bond donors (Lipinski definition) is 2. The number of rotatable bonds is 3. The van der Waals surface area contributed by atoms with Crippen LogP contribution in [0.1, 0.15) is 41.4 Å². The second-order valence-electron chi connectivity index (χ2n) is 5.46. The second kappa shape index (κ2) is 6.41. The second-order valence-corrected chi connectivity index (χ2v) is 5.46. The van der Waals surface area contributed by atoms with Gasteiger partial charge in [0.25, 0.3) is 17.4 Å². The van der Waals surface area contributed by atoms with Crippen LogP contribution in [0.25, 0.3) is 5.69 Å². The van der Waals surface area contributed by atoms with E-state index in [0.29, 0.717) is 0 Å². The number of esters is 2. The van der Waals surface area contributed by atoms with E-state index >= 15 is 0 Å². The summed E-state index contributed by atoms with van der Waals surface area (Å²) in [6.07, 6.45) is 0. The highest BCUT2D eigenvalue weighted by atomic mass is 16.5. The highest BCUT2D eigenvalue weighted by molar-refractivity contribution is 6.23. The Hall–Kier alpha value is -3.95. The maximum Gasteiger partial charge on any atom is 0.340 e. The average molecular weight is 371 g/mol. The lowest BCUT2D eigenvalue weighted by atomic mass is 10.0. The number of carbonyl (C=O) groups excluding carboxylic acids is 4. The van der Waals surface area contributed by atoms with Crippen LogP contribution >= 0.6 is 0 Å². The lowest BCUT2D eigenvalue weighted by molar-refractivity contribution is 0.0555. The van der Waals surface area contributed by atoms with E-state index in [1.807, 2.05) is 5.32 Å². The van der Waals surface area contributed by atoms with E-state index < -0.39 is 29.3 Å². The molecule has 0 spiro atoms. The van der Waals surface area contributed by atoms with Gasteiger partial charge in [-0.25, -0.2) is 9.59 Å². The van der Waals surface area contributed by atoms with E-state index in [9.17, 15) is 24.0 Å². The number of anilines is 1. The van der Waals surface area contributed by atoms with Crippen molar-refractivity contribution in [1.29, 1.82) is 0 Å². The van der Waals surface area contributed by atoms with E-state index in [0.717, 1.165) is 24.9 Å². The fraction of sp³-hybridized carbons (Fsp3) is 0.118. The highest BCUT2D eigenvalue weighted by Gasteiger charge is 2.33. The molecule has 10 nitrogen and oxygen atoms in total. The van der Waals surface area contributed by atoms with E-state index in [4.69, 9.17) is 10.5 Å². The molecule has 1 aliphatic heterocycles. The zero-order valence-corrected chi connectivity index (χ0v) is 14.2. The molecule has 0 aliphatic carbocycles. The van der Waals surface area contributed by atoms with Gasteiger partial charge in [-0.05, 0) is 12.1 Å². The van der Waals surface area contributed by atoms with Crippen LogP contribution < -0.4 is 16.6 Å². The van der Waals surface area contributed by atoms with E-state index in [1.165, 1.54) is 18.2 Å². The predicted molar refractivity (Wildman–Crippen MR) is 90.9 cm³/mol. The van der Waals surface area contributed by atoms with Crippen molar-refractivity contribution >= 4 is 29.6 Å². The molecule has 2 amide bonds. The number of amides is 2. The summed E-state index contributed by atoms with van der Waals surface area (Å²) in [6.45, 7) is 0. The van der Waals surface area contributed by atoms with Gasteiger partial charge in [0, 0.05) is 6.07 Å². The molecule has 2 aromatic rings. The fourth-order valence-electron chi connectivity index (χ4n) is 2.85. The highest BCUT2D eigenvalue weighted by Crippen LogP contribution is 2.26. The van der Waals surface area contributed by atoms with Crippen LogP contribution in [0.4, 0.5) is 5.82 Å². The fourth-order valence-corrected chi connectivity index (χ4v) is 2.85. The topological polar surface area (TPSA) is 147 Å². The van der Waals surface area contributed by atoms with Crippen LogP contribution in [0.15, 0.2) is 29.1 Å². The van der Waals surface area contributed by atoms with Crippen LogP contribution in [0.2, 0.25) is 0 Å². The zero-order valence-electron chi connectivity index (χ0n) is 14.2. The van der Waals surface area contributed by atoms with Crippen molar-refractivity contribution in [1.82, 2.24) is 9.88 Å². The molecule has 1 aromatic carbocycles. The Morgan fingerprint density at radius 1 is 1.04 bits per heavy atom. The molecule has 3 N–H and O–H groups in total. The van der Waals surface area contributed by atoms with Crippen molar-refractivity contribution in [2.24, 2.45) is 0 Å². The first-order valence-electron chi connectivity index (χ1n) is 7.53. The number of nitrogens with one attached hydrogen (secondary N) is 1. The summed E-state index contributed by atoms with van der Waals surface area (Å²) in [5.41, 5.74) is 4.31. The van der Waals surface area contributed by atoms with Crippen molar-refractivity contribution in [3.05, 3.63) is 56.9 Å². The number of carbonyl (C=O) groups is 4. The van der Waals surface area contributed by atoms with E-state index in [-0.39, 0.29) is 33.8 Å². The molecule has 0 atom stereocenters.